The van der Waals surface area contributed by atoms with Crippen LogP contribution in [0.2, 0.25) is 0 Å². The average Bonchev–Trinajstić information content (AvgIpc) is 2.75. The van der Waals surface area contributed by atoms with Crippen LogP contribution in [-0.4, -0.2) is 23.3 Å². The molecule has 9 atom stereocenters. The Bertz CT molecular complexity index is 916. The summed E-state index contributed by atoms with van der Waals surface area (Å²) in [5.74, 6) is 2.39. The molecule has 1 N–H and O–H groups in total. The Balaban J connectivity index is 1.66. The van der Waals surface area contributed by atoms with E-state index in [1.54, 1.807) is 0 Å². The van der Waals surface area contributed by atoms with Gasteiger partial charge in [-0.2, -0.15) is 0 Å². The van der Waals surface area contributed by atoms with Gasteiger partial charge in [-0.15, -0.1) is 0 Å². The zero-order valence-electron chi connectivity index (χ0n) is 22.1. The van der Waals surface area contributed by atoms with Gasteiger partial charge in [-0.1, -0.05) is 54.0 Å². The number of allylic oxidation sites excluding steroid dienone is 2. The molecule has 5 rings (SSSR count). The fourth-order valence-electron chi connectivity index (χ4n) is 10.5. The van der Waals surface area contributed by atoms with Crippen LogP contribution in [0, 0.1) is 56.7 Å². The standard InChI is InChI=1S/C30H46O3/c1-18-8-13-30(17-31)15-14-28(6)20(24(30)19(18)2)16-21(32)25-27(5)11-10-23(33)26(3,4)22(27)9-12-29(25,28)7/h16,18-19,22,24-25,31H,8-15,17H2,1-7H3/t18-,19+,22+,24+,25-,27+,28-,29-,30-/m1/s1. The molecule has 4 saturated carbocycles. The van der Waals surface area contributed by atoms with E-state index in [1.807, 2.05) is 0 Å². The van der Waals surface area contributed by atoms with Gasteiger partial charge in [0.2, 0.25) is 0 Å². The van der Waals surface area contributed by atoms with Crippen LogP contribution in [-0.2, 0) is 9.59 Å². The van der Waals surface area contributed by atoms with Crippen LogP contribution in [0.4, 0.5) is 0 Å². The highest BCUT2D eigenvalue weighted by Crippen LogP contribution is 2.74. The second-order valence-electron chi connectivity index (χ2n) is 14.3. The van der Waals surface area contributed by atoms with E-state index >= 15 is 0 Å². The summed E-state index contributed by atoms with van der Waals surface area (Å²) in [6.07, 6.45) is 10.0. The predicted octanol–water partition coefficient (Wildman–Crippen LogP) is 6.38. The van der Waals surface area contributed by atoms with Gasteiger partial charge >= 0.3 is 0 Å². The lowest BCUT2D eigenvalue weighted by Crippen LogP contribution is -2.66. The van der Waals surface area contributed by atoms with Crippen molar-refractivity contribution in [2.24, 2.45) is 56.7 Å². The van der Waals surface area contributed by atoms with E-state index in [2.05, 4.69) is 54.5 Å². The maximum atomic E-state index is 14.2. The summed E-state index contributed by atoms with van der Waals surface area (Å²) in [6, 6.07) is 0. The van der Waals surface area contributed by atoms with Crippen LogP contribution >= 0.6 is 0 Å². The van der Waals surface area contributed by atoms with E-state index in [4.69, 9.17) is 0 Å². The molecule has 3 nitrogen and oxygen atoms in total. The van der Waals surface area contributed by atoms with Crippen LogP contribution < -0.4 is 0 Å². The number of rotatable bonds is 1. The number of carbonyl (C=O) groups excluding carboxylic acids is 2. The highest BCUT2D eigenvalue weighted by atomic mass is 16.3. The van der Waals surface area contributed by atoms with E-state index in [0.717, 1.165) is 38.5 Å². The van der Waals surface area contributed by atoms with Gasteiger partial charge in [0.1, 0.15) is 5.78 Å². The second kappa shape index (κ2) is 7.05. The lowest BCUT2D eigenvalue weighted by atomic mass is 9.33. The zero-order chi connectivity index (χ0) is 24.2. The van der Waals surface area contributed by atoms with E-state index in [-0.39, 0.29) is 45.5 Å². The van der Waals surface area contributed by atoms with Gasteiger partial charge in [0.15, 0.2) is 5.78 Å². The fraction of sp³-hybridized carbons (Fsp3) is 0.867. The molecule has 33 heavy (non-hydrogen) atoms. The maximum absolute atomic E-state index is 14.2. The fourth-order valence-corrected chi connectivity index (χ4v) is 10.5. The van der Waals surface area contributed by atoms with Crippen LogP contribution in [0.25, 0.3) is 0 Å². The predicted molar refractivity (Wildman–Crippen MR) is 131 cm³/mol. The molecule has 5 aliphatic carbocycles. The molecule has 0 aliphatic heterocycles. The third-order valence-electron chi connectivity index (χ3n) is 13.0. The lowest BCUT2D eigenvalue weighted by Gasteiger charge is -2.70. The molecular formula is C30H46O3. The minimum absolute atomic E-state index is 0.0113. The normalized spacial score (nSPS) is 53.3. The summed E-state index contributed by atoms with van der Waals surface area (Å²) in [5.41, 5.74) is 0.757. The number of hydrogen-bond acceptors (Lipinski definition) is 3. The van der Waals surface area contributed by atoms with Gasteiger partial charge in [-0.3, -0.25) is 9.59 Å². The van der Waals surface area contributed by atoms with Crippen LogP contribution in [0.5, 0.6) is 0 Å². The number of fused-ring (bicyclic) bond motifs is 7. The highest BCUT2D eigenvalue weighted by molar-refractivity contribution is 5.96. The summed E-state index contributed by atoms with van der Waals surface area (Å²) >= 11 is 0. The molecule has 0 aromatic heterocycles. The summed E-state index contributed by atoms with van der Waals surface area (Å²) in [5, 5.41) is 10.7. The van der Waals surface area contributed by atoms with Crippen molar-refractivity contribution < 1.29 is 14.7 Å². The number of aliphatic hydroxyl groups excluding tert-OH is 1. The molecule has 0 saturated heterocycles. The van der Waals surface area contributed by atoms with E-state index < -0.39 is 0 Å². The molecule has 5 aliphatic rings. The quantitative estimate of drug-likeness (QED) is 0.500. The smallest absolute Gasteiger partial charge is 0.159 e. The molecule has 184 valence electrons. The van der Waals surface area contributed by atoms with Gasteiger partial charge < -0.3 is 5.11 Å². The first kappa shape index (κ1) is 23.8. The largest absolute Gasteiger partial charge is 0.396 e. The molecule has 4 fully saturated rings. The van der Waals surface area contributed by atoms with Gasteiger partial charge in [-0.05, 0) is 90.9 Å². The van der Waals surface area contributed by atoms with Crippen LogP contribution in [0.3, 0.4) is 0 Å². The highest BCUT2D eigenvalue weighted by Gasteiger charge is 2.70. The summed E-state index contributed by atoms with van der Waals surface area (Å²) in [4.78, 5) is 27.1. The first-order valence-electron chi connectivity index (χ1n) is 13.7. The third-order valence-corrected chi connectivity index (χ3v) is 13.0. The van der Waals surface area contributed by atoms with E-state index in [0.29, 0.717) is 35.7 Å². The number of carbonyl (C=O) groups is 2. The zero-order valence-corrected chi connectivity index (χ0v) is 22.1. The molecule has 0 radical (unpaired) electrons. The van der Waals surface area contributed by atoms with Crippen molar-refractivity contribution >= 4 is 11.6 Å². The summed E-state index contributed by atoms with van der Waals surface area (Å²) in [6.45, 7) is 16.5. The van der Waals surface area contributed by atoms with Gasteiger partial charge in [0, 0.05) is 29.8 Å². The van der Waals surface area contributed by atoms with Crippen molar-refractivity contribution in [2.45, 2.75) is 99.8 Å². The van der Waals surface area contributed by atoms with E-state index in [9.17, 15) is 14.7 Å². The van der Waals surface area contributed by atoms with Crippen molar-refractivity contribution in [2.75, 3.05) is 6.61 Å². The number of Topliss-reactive ketones (excluding diaryl/α,β-unsaturated/α-hetero) is 1. The molecular weight excluding hydrogens is 408 g/mol. The topological polar surface area (TPSA) is 54.4 Å². The molecule has 0 spiro atoms. The van der Waals surface area contributed by atoms with Crippen LogP contribution in [0.15, 0.2) is 11.6 Å². The third kappa shape index (κ3) is 2.72. The van der Waals surface area contributed by atoms with E-state index in [1.165, 1.54) is 12.0 Å². The molecule has 0 amide bonds. The van der Waals surface area contributed by atoms with Crippen molar-refractivity contribution in [1.29, 1.82) is 0 Å². The molecule has 0 heterocycles. The minimum Gasteiger partial charge on any atom is -0.396 e. The monoisotopic (exact) mass is 454 g/mol. The first-order valence-corrected chi connectivity index (χ1v) is 13.7. The maximum Gasteiger partial charge on any atom is 0.159 e. The van der Waals surface area contributed by atoms with Gasteiger partial charge in [-0.25, -0.2) is 0 Å². The van der Waals surface area contributed by atoms with Crippen molar-refractivity contribution in [3.63, 3.8) is 0 Å². The van der Waals surface area contributed by atoms with Gasteiger partial charge in [0.25, 0.3) is 0 Å². The number of ketones is 2. The van der Waals surface area contributed by atoms with Gasteiger partial charge in [0.05, 0.1) is 0 Å². The van der Waals surface area contributed by atoms with Crippen molar-refractivity contribution in [3.05, 3.63) is 11.6 Å². The number of aliphatic hydroxyl groups is 1. The van der Waals surface area contributed by atoms with Crippen molar-refractivity contribution in [3.8, 4) is 0 Å². The molecule has 0 aromatic rings. The lowest BCUT2D eigenvalue weighted by molar-refractivity contribution is -0.190. The molecule has 0 bridgehead atoms. The second-order valence-corrected chi connectivity index (χ2v) is 14.3. The minimum atomic E-state index is -0.342. The Morgan fingerprint density at radius 2 is 1.64 bits per heavy atom. The molecule has 0 unspecified atom stereocenters. The Morgan fingerprint density at radius 1 is 0.939 bits per heavy atom. The molecule has 0 aromatic carbocycles. The Morgan fingerprint density at radius 3 is 2.30 bits per heavy atom. The SMILES string of the molecule is C[C@H]1[C@H](C)CC[C@]2(CO)CC[C@]3(C)C(=CC(=O)[C@@H]4[C@@]5(C)CCC(=O)C(C)(C)[C@@H]5CC[C@]43C)[C@H]12. The van der Waals surface area contributed by atoms with Crippen molar-refractivity contribution in [1.82, 2.24) is 0 Å². The number of hydrogen-bond donors (Lipinski definition) is 1. The Kier molecular flexibility index (Phi) is 5.08. The Labute approximate surface area is 201 Å². The summed E-state index contributed by atoms with van der Waals surface area (Å²) in [7, 11) is 0. The Hall–Kier alpha value is -0.960. The average molecular weight is 455 g/mol. The first-order chi connectivity index (χ1) is 15.3. The summed E-state index contributed by atoms with van der Waals surface area (Å²) < 4.78 is 0. The van der Waals surface area contributed by atoms with Crippen LogP contribution in [0.1, 0.15) is 99.8 Å². The molecule has 3 heteroatoms.